The molecule has 104 valence electrons. The van der Waals surface area contributed by atoms with Gasteiger partial charge in [0, 0.05) is 37.4 Å². The summed E-state index contributed by atoms with van der Waals surface area (Å²) in [5.74, 6) is -1.56. The molecule has 1 unspecified atom stereocenters. The molecule has 7 heteroatoms. The number of hydrogen-bond acceptors (Lipinski definition) is 4. The highest BCUT2D eigenvalue weighted by Crippen LogP contribution is 2.21. The molecule has 1 atom stereocenters. The van der Waals surface area contributed by atoms with Crippen LogP contribution in [0.15, 0.2) is 12.1 Å². The zero-order valence-corrected chi connectivity index (χ0v) is 10.2. The average Bonchev–Trinajstić information content (AvgIpc) is 2.84. The van der Waals surface area contributed by atoms with Gasteiger partial charge in [-0.2, -0.15) is 4.39 Å². The predicted molar refractivity (Wildman–Crippen MR) is 63.6 cm³/mol. The molecule has 0 bridgehead atoms. The maximum atomic E-state index is 13.5. The van der Waals surface area contributed by atoms with Crippen molar-refractivity contribution in [2.45, 2.75) is 13.0 Å². The summed E-state index contributed by atoms with van der Waals surface area (Å²) in [4.78, 5) is 9.72. The van der Waals surface area contributed by atoms with E-state index in [1.165, 1.54) is 0 Å². The second-order valence-corrected chi connectivity index (χ2v) is 4.51. The minimum absolute atomic E-state index is 0.0898. The molecule has 1 heterocycles. The van der Waals surface area contributed by atoms with E-state index in [4.69, 9.17) is 4.74 Å². The Morgan fingerprint density at radius 3 is 2.84 bits per heavy atom. The van der Waals surface area contributed by atoms with Gasteiger partial charge >= 0.3 is 5.69 Å². The van der Waals surface area contributed by atoms with E-state index in [1.54, 1.807) is 0 Å². The van der Waals surface area contributed by atoms with Crippen molar-refractivity contribution in [3.05, 3.63) is 39.4 Å². The van der Waals surface area contributed by atoms with E-state index >= 15 is 0 Å². The first-order valence-electron chi connectivity index (χ1n) is 5.98. The molecule has 1 saturated heterocycles. The van der Waals surface area contributed by atoms with Gasteiger partial charge in [0.1, 0.15) is 5.82 Å². The number of rotatable bonds is 5. The standard InChI is InChI=1S/C12H14F2N2O3/c13-10-4-11(14)12(16(17)18)3-9(10)6-15-5-8-1-2-19-7-8/h3-4,8,15H,1-2,5-7H2. The van der Waals surface area contributed by atoms with E-state index < -0.39 is 22.2 Å². The minimum Gasteiger partial charge on any atom is -0.381 e. The fourth-order valence-electron chi connectivity index (χ4n) is 2.01. The van der Waals surface area contributed by atoms with Crippen LogP contribution in [0.4, 0.5) is 14.5 Å². The zero-order valence-electron chi connectivity index (χ0n) is 10.2. The van der Waals surface area contributed by atoms with Crippen LogP contribution >= 0.6 is 0 Å². The van der Waals surface area contributed by atoms with Crippen molar-refractivity contribution in [2.24, 2.45) is 5.92 Å². The number of nitro groups is 1. The lowest BCUT2D eigenvalue weighted by Crippen LogP contribution is -2.23. The Morgan fingerprint density at radius 1 is 1.42 bits per heavy atom. The highest BCUT2D eigenvalue weighted by molar-refractivity contribution is 5.37. The maximum Gasteiger partial charge on any atom is 0.305 e. The molecule has 1 aromatic rings. The number of halogens is 2. The Morgan fingerprint density at radius 2 is 2.21 bits per heavy atom. The Hall–Kier alpha value is -1.60. The van der Waals surface area contributed by atoms with Gasteiger partial charge in [0.25, 0.3) is 0 Å². The van der Waals surface area contributed by atoms with Crippen LogP contribution in [0.5, 0.6) is 0 Å². The SMILES string of the molecule is O=[N+]([O-])c1cc(CNCC2CCOC2)c(F)cc1F. The summed E-state index contributed by atoms with van der Waals surface area (Å²) in [6, 6.07) is 1.48. The summed E-state index contributed by atoms with van der Waals surface area (Å²) < 4.78 is 31.8. The number of ether oxygens (including phenoxy) is 1. The van der Waals surface area contributed by atoms with E-state index in [2.05, 4.69) is 5.32 Å². The van der Waals surface area contributed by atoms with Crippen LogP contribution < -0.4 is 5.32 Å². The molecule has 0 aliphatic carbocycles. The zero-order chi connectivity index (χ0) is 13.8. The lowest BCUT2D eigenvalue weighted by Gasteiger charge is -2.10. The topological polar surface area (TPSA) is 64.4 Å². The number of nitrogens with zero attached hydrogens (tertiary/aromatic N) is 1. The molecule has 0 aromatic heterocycles. The summed E-state index contributed by atoms with van der Waals surface area (Å²) in [6.45, 7) is 2.16. The third-order valence-corrected chi connectivity index (χ3v) is 3.09. The van der Waals surface area contributed by atoms with Gasteiger partial charge < -0.3 is 10.1 Å². The Bertz CT molecular complexity index is 476. The summed E-state index contributed by atoms with van der Waals surface area (Å²) in [7, 11) is 0. The van der Waals surface area contributed by atoms with Crippen LogP contribution in [0.1, 0.15) is 12.0 Å². The Kier molecular flexibility index (Phi) is 4.39. The Balaban J connectivity index is 1.98. The van der Waals surface area contributed by atoms with Crippen molar-refractivity contribution in [3.63, 3.8) is 0 Å². The molecule has 0 amide bonds. The third kappa shape index (κ3) is 3.45. The van der Waals surface area contributed by atoms with E-state index in [0.717, 1.165) is 19.1 Å². The van der Waals surface area contributed by atoms with Gasteiger partial charge in [-0.1, -0.05) is 0 Å². The highest BCUT2D eigenvalue weighted by atomic mass is 19.1. The van der Waals surface area contributed by atoms with Crippen molar-refractivity contribution in [2.75, 3.05) is 19.8 Å². The summed E-state index contributed by atoms with van der Waals surface area (Å²) in [5, 5.41) is 13.6. The summed E-state index contributed by atoms with van der Waals surface area (Å²) >= 11 is 0. The first kappa shape index (κ1) is 13.8. The van der Waals surface area contributed by atoms with Gasteiger partial charge in [-0.15, -0.1) is 0 Å². The molecular weight excluding hydrogens is 258 g/mol. The number of nitrogens with one attached hydrogen (secondary N) is 1. The molecule has 1 aliphatic heterocycles. The van der Waals surface area contributed by atoms with Gasteiger partial charge in [-0.3, -0.25) is 10.1 Å². The first-order valence-corrected chi connectivity index (χ1v) is 5.98. The third-order valence-electron chi connectivity index (χ3n) is 3.09. The maximum absolute atomic E-state index is 13.5. The fourth-order valence-corrected chi connectivity index (χ4v) is 2.01. The van der Waals surface area contributed by atoms with Crippen LogP contribution in [-0.2, 0) is 11.3 Å². The van der Waals surface area contributed by atoms with Crippen LogP contribution in [-0.4, -0.2) is 24.7 Å². The molecule has 19 heavy (non-hydrogen) atoms. The second-order valence-electron chi connectivity index (χ2n) is 4.51. The lowest BCUT2D eigenvalue weighted by molar-refractivity contribution is -0.387. The normalized spacial score (nSPS) is 18.7. The van der Waals surface area contributed by atoms with Crippen LogP contribution in [0, 0.1) is 27.7 Å². The molecule has 1 N–H and O–H groups in total. The van der Waals surface area contributed by atoms with E-state index in [-0.39, 0.29) is 12.1 Å². The highest BCUT2D eigenvalue weighted by Gasteiger charge is 2.19. The van der Waals surface area contributed by atoms with E-state index in [1.807, 2.05) is 0 Å². The van der Waals surface area contributed by atoms with Crippen LogP contribution in [0.2, 0.25) is 0 Å². The second kappa shape index (κ2) is 6.03. The van der Waals surface area contributed by atoms with Crippen molar-refractivity contribution < 1.29 is 18.4 Å². The molecule has 1 aliphatic rings. The van der Waals surface area contributed by atoms with Gasteiger partial charge in [0.05, 0.1) is 11.5 Å². The molecule has 1 fully saturated rings. The van der Waals surface area contributed by atoms with E-state index in [0.29, 0.717) is 25.1 Å². The molecule has 0 radical (unpaired) electrons. The Labute approximate surface area is 108 Å². The molecule has 0 spiro atoms. The van der Waals surface area contributed by atoms with Gasteiger partial charge in [-0.25, -0.2) is 4.39 Å². The molecular formula is C12H14F2N2O3. The van der Waals surface area contributed by atoms with Crippen LogP contribution in [0.25, 0.3) is 0 Å². The smallest absolute Gasteiger partial charge is 0.305 e. The van der Waals surface area contributed by atoms with Crippen molar-refractivity contribution in [1.29, 1.82) is 0 Å². The van der Waals surface area contributed by atoms with Gasteiger partial charge in [0.15, 0.2) is 0 Å². The fraction of sp³-hybridized carbons (Fsp3) is 0.500. The molecule has 2 rings (SSSR count). The van der Waals surface area contributed by atoms with Gasteiger partial charge in [0.2, 0.25) is 5.82 Å². The lowest BCUT2D eigenvalue weighted by atomic mass is 10.1. The van der Waals surface area contributed by atoms with Gasteiger partial charge in [-0.05, 0) is 12.3 Å². The number of benzene rings is 1. The van der Waals surface area contributed by atoms with Crippen molar-refractivity contribution >= 4 is 5.69 Å². The first-order chi connectivity index (χ1) is 9.08. The monoisotopic (exact) mass is 272 g/mol. The molecule has 5 nitrogen and oxygen atoms in total. The number of nitro benzene ring substituents is 1. The average molecular weight is 272 g/mol. The largest absolute Gasteiger partial charge is 0.381 e. The van der Waals surface area contributed by atoms with Crippen LogP contribution in [0.3, 0.4) is 0 Å². The summed E-state index contributed by atoms with van der Waals surface area (Å²) in [5.41, 5.74) is -0.616. The predicted octanol–water partition coefficient (Wildman–Crippen LogP) is 2.00. The number of hydrogen-bond donors (Lipinski definition) is 1. The molecule has 0 saturated carbocycles. The van der Waals surface area contributed by atoms with Crippen molar-refractivity contribution in [3.8, 4) is 0 Å². The molecule has 1 aromatic carbocycles. The minimum atomic E-state index is -1.16. The quantitative estimate of drug-likeness (QED) is 0.657. The summed E-state index contributed by atoms with van der Waals surface area (Å²) in [6.07, 6.45) is 0.943. The van der Waals surface area contributed by atoms with E-state index in [9.17, 15) is 18.9 Å². The van der Waals surface area contributed by atoms with Crippen molar-refractivity contribution in [1.82, 2.24) is 5.32 Å².